The third-order valence-corrected chi connectivity index (χ3v) is 5.13. The number of aliphatic hydroxyl groups excluding tert-OH is 1. The van der Waals surface area contributed by atoms with E-state index in [0.29, 0.717) is 12.0 Å². The lowest BCUT2D eigenvalue weighted by molar-refractivity contribution is -0.137. The van der Waals surface area contributed by atoms with Crippen LogP contribution in [0.4, 0.5) is 0 Å². The lowest BCUT2D eigenvalue weighted by atomic mass is 10.0. The van der Waals surface area contributed by atoms with Crippen molar-refractivity contribution in [2.75, 3.05) is 0 Å². The van der Waals surface area contributed by atoms with Gasteiger partial charge >= 0.3 is 5.97 Å². The van der Waals surface area contributed by atoms with Crippen LogP contribution < -0.4 is 5.73 Å². The van der Waals surface area contributed by atoms with Crippen LogP contribution in [0.2, 0.25) is 0 Å². The molecule has 1 unspecified atom stereocenters. The van der Waals surface area contributed by atoms with Crippen molar-refractivity contribution in [2.24, 2.45) is 5.73 Å². The molecular weight excluding hydrogens is 378 g/mol. The van der Waals surface area contributed by atoms with Crippen molar-refractivity contribution in [3.05, 3.63) is 35.9 Å². The van der Waals surface area contributed by atoms with E-state index in [1.165, 1.54) is 51.4 Å². The Bertz CT molecular complexity index is 533. The van der Waals surface area contributed by atoms with Gasteiger partial charge in [0.2, 0.25) is 5.91 Å². The number of nitrogens with two attached hydrogens (primary N) is 1. The molecular formula is C25H43NO4. The van der Waals surface area contributed by atoms with Gasteiger partial charge in [0.05, 0.1) is 6.10 Å². The minimum Gasteiger partial charge on any atom is -0.481 e. The van der Waals surface area contributed by atoms with Gasteiger partial charge < -0.3 is 15.9 Å². The van der Waals surface area contributed by atoms with Crippen LogP contribution in [0.15, 0.2) is 30.3 Å². The minimum atomic E-state index is -0.678. The fourth-order valence-electron chi connectivity index (χ4n) is 3.27. The summed E-state index contributed by atoms with van der Waals surface area (Å²) in [6, 6.07) is 8.76. The standard InChI is InChI=1S/C18H36O3.C7H7NO/c1-2-3-4-11-14-17(19)15-12-9-7-5-6-8-10-13-16-18(20)21;8-7(9)6-4-2-1-3-5-6/h17,19H,2-16H2,1H3,(H,20,21);1-5H,(H2,8,9). The second kappa shape index (κ2) is 20.4. The highest BCUT2D eigenvalue weighted by atomic mass is 16.4. The van der Waals surface area contributed by atoms with E-state index in [4.69, 9.17) is 10.8 Å². The molecule has 4 N–H and O–H groups in total. The van der Waals surface area contributed by atoms with E-state index in [2.05, 4.69) is 6.92 Å². The molecule has 0 radical (unpaired) electrons. The number of unbranched alkanes of at least 4 members (excludes halogenated alkanes) is 10. The summed E-state index contributed by atoms with van der Waals surface area (Å²) in [5.41, 5.74) is 5.53. The molecule has 0 aliphatic carbocycles. The maximum Gasteiger partial charge on any atom is 0.303 e. The van der Waals surface area contributed by atoms with Crippen molar-refractivity contribution in [3.63, 3.8) is 0 Å². The second-order valence-electron chi connectivity index (χ2n) is 7.99. The summed E-state index contributed by atoms with van der Waals surface area (Å²) in [5, 5.41) is 18.4. The van der Waals surface area contributed by atoms with Crippen LogP contribution in [0.5, 0.6) is 0 Å². The number of hydrogen-bond acceptors (Lipinski definition) is 3. The van der Waals surface area contributed by atoms with Crippen LogP contribution in [0.25, 0.3) is 0 Å². The quantitative estimate of drug-likeness (QED) is 0.265. The molecule has 0 aliphatic heterocycles. The van der Waals surface area contributed by atoms with Gasteiger partial charge in [0.1, 0.15) is 0 Å². The zero-order valence-electron chi connectivity index (χ0n) is 18.9. The molecule has 0 saturated heterocycles. The van der Waals surface area contributed by atoms with Crippen molar-refractivity contribution in [1.29, 1.82) is 0 Å². The number of aliphatic hydroxyl groups is 1. The Hall–Kier alpha value is -1.88. The highest BCUT2D eigenvalue weighted by Gasteiger charge is 2.03. The average Bonchev–Trinajstić information content (AvgIpc) is 2.73. The van der Waals surface area contributed by atoms with Crippen molar-refractivity contribution < 1.29 is 19.8 Å². The summed E-state index contributed by atoms with van der Waals surface area (Å²) >= 11 is 0. The molecule has 1 rings (SSSR count). The number of carboxylic acid groups (broad SMARTS) is 1. The minimum absolute atomic E-state index is 0.0853. The molecule has 0 heterocycles. The van der Waals surface area contributed by atoms with Gasteiger partial charge in [0.15, 0.2) is 0 Å². The van der Waals surface area contributed by atoms with Gasteiger partial charge in [-0.2, -0.15) is 0 Å². The average molecular weight is 422 g/mol. The topological polar surface area (TPSA) is 101 Å². The first-order valence-electron chi connectivity index (χ1n) is 11.7. The Morgan fingerprint density at radius 1 is 0.800 bits per heavy atom. The molecule has 1 aromatic rings. The number of benzene rings is 1. The number of rotatable bonds is 17. The van der Waals surface area contributed by atoms with Gasteiger partial charge in [0, 0.05) is 12.0 Å². The lowest BCUT2D eigenvalue weighted by Gasteiger charge is -2.10. The van der Waals surface area contributed by atoms with E-state index >= 15 is 0 Å². The van der Waals surface area contributed by atoms with Gasteiger partial charge in [-0.1, -0.05) is 95.8 Å². The Labute approximate surface area is 183 Å². The fourth-order valence-corrected chi connectivity index (χ4v) is 3.27. The van der Waals surface area contributed by atoms with E-state index in [-0.39, 0.29) is 12.0 Å². The molecule has 5 heteroatoms. The predicted octanol–water partition coefficient (Wildman–Crippen LogP) is 6.09. The van der Waals surface area contributed by atoms with Gasteiger partial charge in [0.25, 0.3) is 0 Å². The SMILES string of the molecule is CCCCCCC(O)CCCCCCCCCCC(=O)O.NC(=O)c1ccccc1. The number of primary amides is 1. The molecule has 5 nitrogen and oxygen atoms in total. The van der Waals surface area contributed by atoms with E-state index < -0.39 is 5.97 Å². The highest BCUT2D eigenvalue weighted by molar-refractivity contribution is 5.92. The first-order chi connectivity index (χ1) is 14.5. The number of aliphatic carboxylic acids is 1. The maximum absolute atomic E-state index is 10.4. The molecule has 0 fully saturated rings. The van der Waals surface area contributed by atoms with Crippen LogP contribution in [-0.2, 0) is 4.79 Å². The van der Waals surface area contributed by atoms with Gasteiger partial charge in [-0.05, 0) is 31.4 Å². The maximum atomic E-state index is 10.4. The normalized spacial score (nSPS) is 11.4. The fraction of sp³-hybridized carbons (Fsp3) is 0.680. The van der Waals surface area contributed by atoms with Crippen LogP contribution >= 0.6 is 0 Å². The third-order valence-electron chi connectivity index (χ3n) is 5.13. The van der Waals surface area contributed by atoms with Crippen LogP contribution in [0, 0.1) is 0 Å². The van der Waals surface area contributed by atoms with Crippen LogP contribution in [-0.4, -0.2) is 28.2 Å². The Balaban J connectivity index is 0.000000769. The van der Waals surface area contributed by atoms with Crippen molar-refractivity contribution >= 4 is 11.9 Å². The number of amides is 1. The Kier molecular flexibility index (Phi) is 19.1. The predicted molar refractivity (Wildman–Crippen MR) is 124 cm³/mol. The summed E-state index contributed by atoms with van der Waals surface area (Å²) in [5.74, 6) is -1.06. The monoisotopic (exact) mass is 421 g/mol. The number of hydrogen-bond donors (Lipinski definition) is 3. The molecule has 172 valence electrons. The van der Waals surface area contributed by atoms with E-state index in [9.17, 15) is 14.7 Å². The summed E-state index contributed by atoms with van der Waals surface area (Å²) < 4.78 is 0. The molecule has 1 amide bonds. The van der Waals surface area contributed by atoms with Gasteiger partial charge in [-0.15, -0.1) is 0 Å². The smallest absolute Gasteiger partial charge is 0.303 e. The van der Waals surface area contributed by atoms with Crippen LogP contribution in [0.3, 0.4) is 0 Å². The largest absolute Gasteiger partial charge is 0.481 e. The zero-order valence-corrected chi connectivity index (χ0v) is 18.9. The van der Waals surface area contributed by atoms with E-state index in [1.54, 1.807) is 24.3 Å². The van der Waals surface area contributed by atoms with Crippen molar-refractivity contribution in [1.82, 2.24) is 0 Å². The summed E-state index contributed by atoms with van der Waals surface area (Å²) in [4.78, 5) is 20.8. The van der Waals surface area contributed by atoms with E-state index in [1.807, 2.05) is 6.07 Å². The highest BCUT2D eigenvalue weighted by Crippen LogP contribution is 2.14. The van der Waals surface area contributed by atoms with Gasteiger partial charge in [-0.25, -0.2) is 0 Å². The molecule has 0 saturated carbocycles. The molecule has 0 bridgehead atoms. The molecule has 0 aliphatic rings. The van der Waals surface area contributed by atoms with E-state index in [0.717, 1.165) is 38.5 Å². The molecule has 1 atom stereocenters. The lowest BCUT2D eigenvalue weighted by Crippen LogP contribution is -2.09. The van der Waals surface area contributed by atoms with Crippen LogP contribution in [0.1, 0.15) is 114 Å². The molecule has 30 heavy (non-hydrogen) atoms. The Morgan fingerprint density at radius 2 is 1.27 bits per heavy atom. The zero-order chi connectivity index (χ0) is 22.5. The molecule has 0 spiro atoms. The first-order valence-corrected chi connectivity index (χ1v) is 11.7. The molecule has 0 aromatic heterocycles. The number of carbonyl (C=O) groups excluding carboxylic acids is 1. The summed E-state index contributed by atoms with van der Waals surface area (Å²) in [7, 11) is 0. The van der Waals surface area contributed by atoms with Gasteiger partial charge in [-0.3, -0.25) is 9.59 Å². The number of carbonyl (C=O) groups is 2. The third kappa shape index (κ3) is 19.4. The van der Waals surface area contributed by atoms with Crippen molar-refractivity contribution in [2.45, 2.75) is 109 Å². The summed E-state index contributed by atoms with van der Waals surface area (Å²) in [6.45, 7) is 2.21. The summed E-state index contributed by atoms with van der Waals surface area (Å²) in [6.07, 6.45) is 16.3. The van der Waals surface area contributed by atoms with Crippen molar-refractivity contribution in [3.8, 4) is 0 Å². The Morgan fingerprint density at radius 3 is 1.70 bits per heavy atom. The second-order valence-corrected chi connectivity index (χ2v) is 7.99. The first kappa shape index (κ1) is 28.1. The molecule has 1 aromatic carbocycles. The number of carboxylic acids is 1.